The average molecular weight is 476 g/mol. The van der Waals surface area contributed by atoms with Crippen LogP contribution < -0.4 is 20.9 Å². The number of aryl methyl sites for hydroxylation is 1. The second-order valence-corrected chi connectivity index (χ2v) is 8.80. The summed E-state index contributed by atoms with van der Waals surface area (Å²) in [4.78, 5) is 30.6. The molecule has 1 saturated heterocycles. The second-order valence-electron chi connectivity index (χ2n) is 8.80. The SMILES string of the molecule is COc1ccc(N2CCN(CCn3c(=O)cnc4c(-c5ccc(C)o5)nc(N)nc43)CC2C)cc1. The van der Waals surface area contributed by atoms with Crippen molar-refractivity contribution in [2.24, 2.45) is 0 Å². The number of nitrogen functional groups attached to an aromatic ring is 1. The Hall–Kier alpha value is -3.92. The van der Waals surface area contributed by atoms with Crippen LogP contribution in [0.2, 0.25) is 0 Å². The van der Waals surface area contributed by atoms with Gasteiger partial charge in [-0.25, -0.2) is 9.97 Å². The molecular formula is C25H29N7O3. The largest absolute Gasteiger partial charge is 0.497 e. The molecule has 182 valence electrons. The highest BCUT2D eigenvalue weighted by atomic mass is 16.5. The van der Waals surface area contributed by atoms with E-state index in [2.05, 4.69) is 43.8 Å². The van der Waals surface area contributed by atoms with E-state index in [1.54, 1.807) is 11.7 Å². The van der Waals surface area contributed by atoms with Gasteiger partial charge in [-0.2, -0.15) is 4.98 Å². The first-order chi connectivity index (χ1) is 16.9. The van der Waals surface area contributed by atoms with Crippen LogP contribution in [0.15, 0.2) is 51.8 Å². The number of anilines is 2. The van der Waals surface area contributed by atoms with Crippen molar-refractivity contribution in [3.8, 4) is 17.2 Å². The molecule has 4 heterocycles. The number of piperazine rings is 1. The fraction of sp³-hybridized carbons (Fsp3) is 0.360. The van der Waals surface area contributed by atoms with Gasteiger partial charge in [-0.15, -0.1) is 0 Å². The van der Waals surface area contributed by atoms with E-state index >= 15 is 0 Å². The molecule has 0 saturated carbocycles. The Morgan fingerprint density at radius 2 is 1.91 bits per heavy atom. The number of hydrogen-bond donors (Lipinski definition) is 1. The lowest BCUT2D eigenvalue weighted by atomic mass is 10.1. The van der Waals surface area contributed by atoms with Gasteiger partial charge in [0.2, 0.25) is 5.95 Å². The Bertz CT molecular complexity index is 1400. The molecule has 1 aliphatic rings. The molecule has 2 N–H and O–H groups in total. The zero-order chi connectivity index (χ0) is 24.5. The number of ether oxygens (including phenoxy) is 1. The van der Waals surface area contributed by atoms with E-state index in [-0.39, 0.29) is 11.5 Å². The first-order valence-electron chi connectivity index (χ1n) is 11.7. The highest BCUT2D eigenvalue weighted by Crippen LogP contribution is 2.27. The first-order valence-corrected chi connectivity index (χ1v) is 11.7. The number of benzene rings is 1. The molecule has 10 heteroatoms. The van der Waals surface area contributed by atoms with Gasteiger partial charge in [0.15, 0.2) is 11.4 Å². The van der Waals surface area contributed by atoms with Crippen LogP contribution in [0.5, 0.6) is 5.75 Å². The summed E-state index contributed by atoms with van der Waals surface area (Å²) in [5.41, 5.74) is 8.35. The number of nitrogens with two attached hydrogens (primary N) is 1. The van der Waals surface area contributed by atoms with Crippen LogP contribution in [0.3, 0.4) is 0 Å². The lowest BCUT2D eigenvalue weighted by molar-refractivity contribution is 0.221. The minimum Gasteiger partial charge on any atom is -0.497 e. The summed E-state index contributed by atoms with van der Waals surface area (Å²) >= 11 is 0. The van der Waals surface area contributed by atoms with E-state index in [1.165, 1.54) is 11.9 Å². The molecule has 1 aliphatic heterocycles. The fourth-order valence-corrected chi connectivity index (χ4v) is 4.65. The maximum absolute atomic E-state index is 12.8. The number of nitrogens with zero attached hydrogens (tertiary/aromatic N) is 6. The van der Waals surface area contributed by atoms with Crippen LogP contribution in [-0.4, -0.2) is 63.7 Å². The molecule has 5 rings (SSSR count). The Balaban J connectivity index is 1.34. The zero-order valence-corrected chi connectivity index (χ0v) is 20.1. The number of aromatic nitrogens is 4. The Morgan fingerprint density at radius 1 is 1.11 bits per heavy atom. The molecule has 1 atom stereocenters. The number of hydrogen-bond acceptors (Lipinski definition) is 9. The highest BCUT2D eigenvalue weighted by molar-refractivity contribution is 5.86. The molecule has 10 nitrogen and oxygen atoms in total. The molecule has 35 heavy (non-hydrogen) atoms. The standard InChI is InChI=1S/C25H29N7O3/c1-16-15-30(10-12-31(16)18-5-7-19(34-3)8-6-18)11-13-32-21(33)14-27-23-22(20-9-4-17(2)35-20)28-25(26)29-24(23)32/h4-9,14,16H,10-13,15H2,1-3H3,(H2,26,28,29). The first kappa shape index (κ1) is 22.9. The molecule has 3 aromatic heterocycles. The summed E-state index contributed by atoms with van der Waals surface area (Å²) in [7, 11) is 1.67. The number of rotatable bonds is 6. The van der Waals surface area contributed by atoms with Gasteiger partial charge in [-0.05, 0) is 50.2 Å². The van der Waals surface area contributed by atoms with Crippen molar-refractivity contribution in [3.63, 3.8) is 0 Å². The Labute approximate surface area is 203 Å². The van der Waals surface area contributed by atoms with Gasteiger partial charge in [0.25, 0.3) is 5.56 Å². The van der Waals surface area contributed by atoms with Crippen LogP contribution in [0.1, 0.15) is 12.7 Å². The van der Waals surface area contributed by atoms with E-state index in [1.807, 2.05) is 31.2 Å². The predicted molar refractivity (Wildman–Crippen MR) is 135 cm³/mol. The number of fused-ring (bicyclic) bond motifs is 1. The van der Waals surface area contributed by atoms with Gasteiger partial charge >= 0.3 is 0 Å². The van der Waals surface area contributed by atoms with Gasteiger partial charge in [0.1, 0.15) is 22.7 Å². The fourth-order valence-electron chi connectivity index (χ4n) is 4.65. The van der Waals surface area contributed by atoms with Gasteiger partial charge < -0.3 is 19.8 Å². The van der Waals surface area contributed by atoms with Gasteiger partial charge in [0.05, 0.1) is 13.3 Å². The predicted octanol–water partition coefficient (Wildman–Crippen LogP) is 2.56. The Morgan fingerprint density at radius 3 is 2.60 bits per heavy atom. The smallest absolute Gasteiger partial charge is 0.270 e. The minimum absolute atomic E-state index is 0.0735. The molecule has 0 spiro atoms. The summed E-state index contributed by atoms with van der Waals surface area (Å²) in [6.45, 7) is 7.93. The van der Waals surface area contributed by atoms with Gasteiger partial charge in [-0.1, -0.05) is 0 Å². The normalized spacial score (nSPS) is 16.7. The van der Waals surface area contributed by atoms with E-state index in [0.29, 0.717) is 41.7 Å². The van der Waals surface area contributed by atoms with Crippen LogP contribution in [0.25, 0.3) is 22.6 Å². The van der Waals surface area contributed by atoms with Crippen LogP contribution in [-0.2, 0) is 6.54 Å². The molecule has 1 unspecified atom stereocenters. The average Bonchev–Trinajstić information content (AvgIpc) is 3.29. The highest BCUT2D eigenvalue weighted by Gasteiger charge is 2.24. The van der Waals surface area contributed by atoms with Crippen molar-refractivity contribution >= 4 is 22.8 Å². The van der Waals surface area contributed by atoms with Crippen LogP contribution in [0.4, 0.5) is 11.6 Å². The molecule has 0 aliphatic carbocycles. The summed E-state index contributed by atoms with van der Waals surface area (Å²) in [5, 5.41) is 0. The lowest BCUT2D eigenvalue weighted by Crippen LogP contribution is -2.52. The molecule has 0 bridgehead atoms. The topological polar surface area (TPSA) is 116 Å². The second kappa shape index (κ2) is 9.38. The van der Waals surface area contributed by atoms with Crippen molar-refractivity contribution < 1.29 is 9.15 Å². The quantitative estimate of drug-likeness (QED) is 0.449. The Kier molecular flexibility index (Phi) is 6.12. The molecule has 0 radical (unpaired) electrons. The third kappa shape index (κ3) is 4.57. The molecule has 0 amide bonds. The minimum atomic E-state index is -0.220. The van der Waals surface area contributed by atoms with Crippen molar-refractivity contribution in [1.82, 2.24) is 24.4 Å². The lowest BCUT2D eigenvalue weighted by Gasteiger charge is -2.41. The number of furan rings is 1. The van der Waals surface area contributed by atoms with E-state index in [0.717, 1.165) is 31.1 Å². The van der Waals surface area contributed by atoms with Crippen molar-refractivity contribution in [1.29, 1.82) is 0 Å². The molecule has 4 aromatic rings. The summed E-state index contributed by atoms with van der Waals surface area (Å²) < 4.78 is 12.6. The molecule has 1 fully saturated rings. The van der Waals surface area contributed by atoms with Crippen molar-refractivity contribution in [2.45, 2.75) is 26.4 Å². The van der Waals surface area contributed by atoms with Crippen LogP contribution in [0, 0.1) is 6.92 Å². The van der Waals surface area contributed by atoms with E-state index in [4.69, 9.17) is 14.9 Å². The van der Waals surface area contributed by atoms with Crippen molar-refractivity contribution in [2.75, 3.05) is 43.9 Å². The monoisotopic (exact) mass is 475 g/mol. The van der Waals surface area contributed by atoms with Gasteiger partial charge in [-0.3, -0.25) is 14.3 Å². The van der Waals surface area contributed by atoms with Crippen LogP contribution >= 0.6 is 0 Å². The zero-order valence-electron chi connectivity index (χ0n) is 20.1. The number of methoxy groups -OCH3 is 1. The third-order valence-corrected chi connectivity index (χ3v) is 6.44. The molecular weight excluding hydrogens is 446 g/mol. The van der Waals surface area contributed by atoms with Crippen molar-refractivity contribution in [3.05, 3.63) is 58.7 Å². The maximum Gasteiger partial charge on any atom is 0.270 e. The van der Waals surface area contributed by atoms with E-state index in [9.17, 15) is 4.79 Å². The summed E-state index contributed by atoms with van der Waals surface area (Å²) in [5.74, 6) is 2.22. The third-order valence-electron chi connectivity index (χ3n) is 6.44. The van der Waals surface area contributed by atoms with E-state index < -0.39 is 0 Å². The maximum atomic E-state index is 12.8. The van der Waals surface area contributed by atoms with Gasteiger partial charge in [0, 0.05) is 44.5 Å². The molecule has 1 aromatic carbocycles. The summed E-state index contributed by atoms with van der Waals surface area (Å²) in [6, 6.07) is 12.2. The summed E-state index contributed by atoms with van der Waals surface area (Å²) in [6.07, 6.45) is 1.31.